The fourth-order valence-electron chi connectivity index (χ4n) is 2.58. The van der Waals surface area contributed by atoms with Crippen LogP contribution in [0, 0.1) is 0 Å². The number of likely N-dealkylation sites (N-methyl/N-ethyl adjacent to an activating group) is 2. The molecule has 3 nitrogen and oxygen atoms in total. The maximum atomic E-state index is 12.4. The van der Waals surface area contributed by atoms with E-state index in [-0.39, 0.29) is 11.9 Å². The van der Waals surface area contributed by atoms with Crippen molar-refractivity contribution in [3.05, 3.63) is 35.9 Å². The summed E-state index contributed by atoms with van der Waals surface area (Å²) in [6.07, 6.45) is 3.37. The zero-order chi connectivity index (χ0) is 13.0. The van der Waals surface area contributed by atoms with Crippen LogP contribution in [0.25, 0.3) is 0 Å². The normalized spacial score (nSPS) is 20.7. The first-order chi connectivity index (χ1) is 8.68. The summed E-state index contributed by atoms with van der Waals surface area (Å²) in [5.41, 5.74) is 1.19. The van der Waals surface area contributed by atoms with Gasteiger partial charge in [0.05, 0.1) is 6.04 Å². The Morgan fingerprint density at radius 1 is 1.33 bits per heavy atom. The number of amides is 1. The van der Waals surface area contributed by atoms with Crippen LogP contribution in [0.5, 0.6) is 0 Å². The third-order valence-electron chi connectivity index (χ3n) is 3.69. The van der Waals surface area contributed by atoms with E-state index in [1.165, 1.54) is 18.4 Å². The monoisotopic (exact) mass is 246 g/mol. The molecule has 0 bridgehead atoms. The van der Waals surface area contributed by atoms with Crippen molar-refractivity contribution in [3.63, 3.8) is 0 Å². The van der Waals surface area contributed by atoms with Crippen molar-refractivity contribution in [1.82, 2.24) is 9.80 Å². The molecule has 18 heavy (non-hydrogen) atoms. The Morgan fingerprint density at radius 2 is 2.06 bits per heavy atom. The van der Waals surface area contributed by atoms with Crippen LogP contribution in [-0.2, 0) is 11.3 Å². The predicted octanol–water partition coefficient (Wildman–Crippen LogP) is 2.13. The van der Waals surface area contributed by atoms with E-state index in [4.69, 9.17) is 0 Å². The van der Waals surface area contributed by atoms with Crippen LogP contribution < -0.4 is 0 Å². The van der Waals surface area contributed by atoms with E-state index in [9.17, 15) is 4.79 Å². The molecule has 1 fully saturated rings. The lowest BCUT2D eigenvalue weighted by Gasteiger charge is -2.34. The minimum atomic E-state index is 0.0764. The zero-order valence-electron chi connectivity index (χ0n) is 11.3. The summed E-state index contributed by atoms with van der Waals surface area (Å²) < 4.78 is 0. The van der Waals surface area contributed by atoms with Gasteiger partial charge in [-0.05, 0) is 32.0 Å². The Bertz CT molecular complexity index is 391. The first-order valence-electron chi connectivity index (χ1n) is 6.67. The van der Waals surface area contributed by atoms with Crippen molar-refractivity contribution < 1.29 is 4.79 Å². The molecule has 1 unspecified atom stereocenters. The van der Waals surface area contributed by atoms with E-state index >= 15 is 0 Å². The van der Waals surface area contributed by atoms with Gasteiger partial charge in [0.15, 0.2) is 0 Å². The minimum absolute atomic E-state index is 0.0764. The predicted molar refractivity (Wildman–Crippen MR) is 73.2 cm³/mol. The van der Waals surface area contributed by atoms with E-state index in [1.807, 2.05) is 30.1 Å². The SMILES string of the molecule is CN(Cc1ccccc1)C(=O)C1CCCCN1C. The molecule has 1 heterocycles. The van der Waals surface area contributed by atoms with E-state index < -0.39 is 0 Å². The third kappa shape index (κ3) is 3.10. The number of hydrogen-bond acceptors (Lipinski definition) is 2. The van der Waals surface area contributed by atoms with Gasteiger partial charge in [-0.3, -0.25) is 9.69 Å². The van der Waals surface area contributed by atoms with Crippen LogP contribution in [0.3, 0.4) is 0 Å². The molecule has 1 saturated heterocycles. The molecule has 0 N–H and O–H groups in total. The van der Waals surface area contributed by atoms with Crippen molar-refractivity contribution in [2.75, 3.05) is 20.6 Å². The number of carbonyl (C=O) groups is 1. The van der Waals surface area contributed by atoms with Crippen molar-refractivity contribution in [1.29, 1.82) is 0 Å². The molecule has 1 atom stereocenters. The maximum Gasteiger partial charge on any atom is 0.239 e. The lowest BCUT2D eigenvalue weighted by atomic mass is 10.0. The quantitative estimate of drug-likeness (QED) is 0.815. The van der Waals surface area contributed by atoms with Gasteiger partial charge in [0.2, 0.25) is 5.91 Å². The van der Waals surface area contributed by atoms with Crippen LogP contribution in [0.15, 0.2) is 30.3 Å². The van der Waals surface area contributed by atoms with Crippen LogP contribution in [-0.4, -0.2) is 42.4 Å². The van der Waals surface area contributed by atoms with Gasteiger partial charge in [0, 0.05) is 13.6 Å². The second-order valence-corrected chi connectivity index (χ2v) is 5.17. The van der Waals surface area contributed by atoms with Gasteiger partial charge in [-0.1, -0.05) is 36.8 Å². The van der Waals surface area contributed by atoms with Crippen molar-refractivity contribution in [2.24, 2.45) is 0 Å². The molecule has 3 heteroatoms. The average molecular weight is 246 g/mol. The fraction of sp³-hybridized carbons (Fsp3) is 0.533. The molecule has 0 saturated carbocycles. The molecule has 1 aliphatic heterocycles. The summed E-state index contributed by atoms with van der Waals surface area (Å²) in [7, 11) is 3.95. The van der Waals surface area contributed by atoms with Crippen LogP contribution in [0.1, 0.15) is 24.8 Å². The molecule has 1 aliphatic rings. The van der Waals surface area contributed by atoms with Gasteiger partial charge < -0.3 is 4.90 Å². The Balaban J connectivity index is 1.96. The lowest BCUT2D eigenvalue weighted by Crippen LogP contribution is -2.47. The molecular formula is C15H22N2O. The Kier molecular flexibility index (Phi) is 4.37. The van der Waals surface area contributed by atoms with Crippen molar-refractivity contribution >= 4 is 5.91 Å². The molecule has 1 amide bonds. The summed E-state index contributed by atoms with van der Waals surface area (Å²) in [4.78, 5) is 16.4. The number of likely N-dealkylation sites (tertiary alicyclic amines) is 1. The van der Waals surface area contributed by atoms with E-state index in [2.05, 4.69) is 24.1 Å². The zero-order valence-corrected chi connectivity index (χ0v) is 11.3. The summed E-state index contributed by atoms with van der Waals surface area (Å²) in [6, 6.07) is 10.2. The highest BCUT2D eigenvalue weighted by molar-refractivity contribution is 5.81. The number of carbonyl (C=O) groups excluding carboxylic acids is 1. The smallest absolute Gasteiger partial charge is 0.239 e. The summed E-state index contributed by atoms with van der Waals surface area (Å²) >= 11 is 0. The largest absolute Gasteiger partial charge is 0.340 e. The van der Waals surface area contributed by atoms with E-state index in [0.29, 0.717) is 6.54 Å². The average Bonchev–Trinajstić information content (AvgIpc) is 2.39. The van der Waals surface area contributed by atoms with Crippen LogP contribution in [0.2, 0.25) is 0 Å². The third-order valence-corrected chi connectivity index (χ3v) is 3.69. The molecule has 0 aliphatic carbocycles. The first kappa shape index (κ1) is 13.1. The molecule has 98 valence electrons. The highest BCUT2D eigenvalue weighted by Crippen LogP contribution is 2.17. The topological polar surface area (TPSA) is 23.6 Å². The van der Waals surface area contributed by atoms with Gasteiger partial charge in [-0.2, -0.15) is 0 Å². The molecule has 0 radical (unpaired) electrons. The standard InChI is InChI=1S/C15H22N2O/c1-16-11-7-6-10-14(16)15(18)17(2)12-13-8-4-3-5-9-13/h3-5,8-9,14H,6-7,10-12H2,1-2H3. The summed E-state index contributed by atoms with van der Waals surface area (Å²) in [5, 5.41) is 0. The molecule has 1 aromatic rings. The van der Waals surface area contributed by atoms with Gasteiger partial charge in [0.25, 0.3) is 0 Å². The van der Waals surface area contributed by atoms with Crippen molar-refractivity contribution in [3.8, 4) is 0 Å². The second kappa shape index (κ2) is 6.01. The maximum absolute atomic E-state index is 12.4. The van der Waals surface area contributed by atoms with Crippen LogP contribution >= 0.6 is 0 Å². The molecule has 0 aromatic heterocycles. The Morgan fingerprint density at radius 3 is 2.72 bits per heavy atom. The Labute approximate surface area is 109 Å². The number of hydrogen-bond donors (Lipinski definition) is 0. The summed E-state index contributed by atoms with van der Waals surface area (Å²) in [5.74, 6) is 0.251. The molecule has 1 aromatic carbocycles. The van der Waals surface area contributed by atoms with Gasteiger partial charge in [-0.25, -0.2) is 0 Å². The fourth-order valence-corrected chi connectivity index (χ4v) is 2.58. The second-order valence-electron chi connectivity index (χ2n) is 5.17. The highest BCUT2D eigenvalue weighted by atomic mass is 16.2. The summed E-state index contributed by atoms with van der Waals surface area (Å²) in [6.45, 7) is 1.74. The number of benzene rings is 1. The number of piperidine rings is 1. The van der Waals surface area contributed by atoms with Crippen molar-refractivity contribution in [2.45, 2.75) is 31.8 Å². The first-order valence-corrected chi connectivity index (χ1v) is 6.67. The minimum Gasteiger partial charge on any atom is -0.340 e. The van der Waals surface area contributed by atoms with Gasteiger partial charge >= 0.3 is 0 Å². The van der Waals surface area contributed by atoms with Crippen LogP contribution in [0.4, 0.5) is 0 Å². The van der Waals surface area contributed by atoms with Gasteiger partial charge in [0.1, 0.15) is 0 Å². The molecular weight excluding hydrogens is 224 g/mol. The highest BCUT2D eigenvalue weighted by Gasteiger charge is 2.28. The molecule has 2 rings (SSSR count). The number of rotatable bonds is 3. The van der Waals surface area contributed by atoms with Gasteiger partial charge in [-0.15, -0.1) is 0 Å². The van der Waals surface area contributed by atoms with E-state index in [1.54, 1.807) is 0 Å². The molecule has 0 spiro atoms. The van der Waals surface area contributed by atoms with E-state index in [0.717, 1.165) is 13.0 Å². The Hall–Kier alpha value is -1.35. The number of nitrogens with zero attached hydrogens (tertiary/aromatic N) is 2. The lowest BCUT2D eigenvalue weighted by molar-refractivity contribution is -0.136.